The summed E-state index contributed by atoms with van der Waals surface area (Å²) in [4.78, 5) is 12.2. The zero-order valence-electron chi connectivity index (χ0n) is 13.5. The maximum absolute atomic E-state index is 13.1. The molecule has 134 valence electrons. The van der Waals surface area contributed by atoms with Gasteiger partial charge in [-0.05, 0) is 71.5 Å². The van der Waals surface area contributed by atoms with Gasteiger partial charge in [-0.15, -0.1) is 0 Å². The molecule has 0 aliphatic heterocycles. The summed E-state index contributed by atoms with van der Waals surface area (Å²) >= 11 is 1.80. The summed E-state index contributed by atoms with van der Waals surface area (Å²) in [5.41, 5.74) is -0.872. The van der Waals surface area contributed by atoms with E-state index in [0.29, 0.717) is 15.9 Å². The number of amides is 1. The predicted octanol–water partition coefficient (Wildman–Crippen LogP) is 5.74. The average Bonchev–Trinajstić information content (AvgIpc) is 2.56. The monoisotopic (exact) mass is 463 g/mol. The van der Waals surface area contributed by atoms with E-state index >= 15 is 0 Å². The number of anilines is 1. The number of halogens is 4. The number of carbonyl (C=O) groups excluding carboxylic acids is 1. The van der Waals surface area contributed by atoms with Crippen molar-refractivity contribution >= 4 is 34.2 Å². The van der Waals surface area contributed by atoms with E-state index in [9.17, 15) is 18.0 Å². The van der Waals surface area contributed by atoms with Crippen LogP contribution in [0, 0.1) is 3.57 Å². The summed E-state index contributed by atoms with van der Waals surface area (Å²) in [5, 5.41) is 2.33. The molecular formula is C18H17F3INO2. The molecule has 0 heterocycles. The molecule has 0 radical (unpaired) electrons. The normalized spacial score (nSPS) is 11.2. The zero-order chi connectivity index (χ0) is 18.4. The molecule has 0 atom stereocenters. The molecule has 25 heavy (non-hydrogen) atoms. The Balaban J connectivity index is 2.12. The molecule has 0 fully saturated rings. The Labute approximate surface area is 157 Å². The largest absolute Gasteiger partial charge is 0.494 e. The van der Waals surface area contributed by atoms with E-state index in [4.69, 9.17) is 4.74 Å². The summed E-state index contributed by atoms with van der Waals surface area (Å²) < 4.78 is 45.3. The van der Waals surface area contributed by atoms with Gasteiger partial charge < -0.3 is 10.1 Å². The van der Waals surface area contributed by atoms with Crippen LogP contribution >= 0.6 is 22.6 Å². The van der Waals surface area contributed by atoms with Crippen molar-refractivity contribution < 1.29 is 22.7 Å². The second-order valence-corrected chi connectivity index (χ2v) is 6.61. The van der Waals surface area contributed by atoms with Crippen LogP contribution in [0.2, 0.25) is 0 Å². The average molecular weight is 463 g/mol. The minimum Gasteiger partial charge on any atom is -0.494 e. The fourth-order valence-corrected chi connectivity index (χ4v) is 2.58. The number of hydrogen-bond donors (Lipinski definition) is 1. The molecule has 0 saturated heterocycles. The van der Waals surface area contributed by atoms with Gasteiger partial charge in [0, 0.05) is 9.13 Å². The highest BCUT2D eigenvalue weighted by atomic mass is 127. The third kappa shape index (κ3) is 5.62. The van der Waals surface area contributed by atoms with E-state index in [1.807, 2.05) is 0 Å². The van der Waals surface area contributed by atoms with E-state index in [1.54, 1.807) is 34.7 Å². The molecule has 0 aliphatic carbocycles. The maximum Gasteiger partial charge on any atom is 0.418 e. The highest BCUT2D eigenvalue weighted by Crippen LogP contribution is 2.36. The van der Waals surface area contributed by atoms with Crippen LogP contribution in [0.15, 0.2) is 42.5 Å². The smallest absolute Gasteiger partial charge is 0.418 e. The van der Waals surface area contributed by atoms with Gasteiger partial charge in [-0.25, -0.2) is 0 Å². The molecular weight excluding hydrogens is 446 g/mol. The highest BCUT2D eigenvalue weighted by molar-refractivity contribution is 14.1. The molecule has 2 aromatic carbocycles. The van der Waals surface area contributed by atoms with E-state index in [0.717, 1.165) is 18.9 Å². The van der Waals surface area contributed by atoms with Crippen LogP contribution in [-0.4, -0.2) is 12.5 Å². The predicted molar refractivity (Wildman–Crippen MR) is 99.0 cm³/mol. The lowest BCUT2D eigenvalue weighted by atomic mass is 10.1. The lowest BCUT2D eigenvalue weighted by molar-refractivity contribution is -0.137. The fourth-order valence-electron chi connectivity index (χ4n) is 2.09. The van der Waals surface area contributed by atoms with E-state index in [-0.39, 0.29) is 11.3 Å². The van der Waals surface area contributed by atoms with Crippen molar-refractivity contribution in [1.82, 2.24) is 0 Å². The third-order valence-corrected chi connectivity index (χ3v) is 4.09. The van der Waals surface area contributed by atoms with E-state index in [2.05, 4.69) is 12.2 Å². The van der Waals surface area contributed by atoms with Gasteiger partial charge in [0.1, 0.15) is 5.75 Å². The Morgan fingerprint density at radius 1 is 1.16 bits per heavy atom. The van der Waals surface area contributed by atoms with Crippen LogP contribution in [0.3, 0.4) is 0 Å². The van der Waals surface area contributed by atoms with E-state index < -0.39 is 17.6 Å². The molecule has 2 rings (SSSR count). The summed E-state index contributed by atoms with van der Waals surface area (Å²) in [6.07, 6.45) is -2.60. The first-order valence-corrected chi connectivity index (χ1v) is 8.80. The molecule has 1 N–H and O–H groups in total. The van der Waals surface area contributed by atoms with Gasteiger partial charge in [0.05, 0.1) is 17.9 Å². The zero-order valence-corrected chi connectivity index (χ0v) is 15.6. The summed E-state index contributed by atoms with van der Waals surface area (Å²) in [7, 11) is 0. The highest BCUT2D eigenvalue weighted by Gasteiger charge is 2.34. The molecule has 0 aromatic heterocycles. The molecule has 0 saturated carbocycles. The molecule has 1 amide bonds. The van der Waals surface area contributed by atoms with Crippen molar-refractivity contribution in [2.75, 3.05) is 11.9 Å². The van der Waals surface area contributed by atoms with Gasteiger partial charge >= 0.3 is 6.18 Å². The lowest BCUT2D eigenvalue weighted by Gasteiger charge is -2.14. The van der Waals surface area contributed by atoms with Crippen LogP contribution < -0.4 is 10.1 Å². The molecule has 0 unspecified atom stereocenters. The number of ether oxygens (including phenoxy) is 1. The standard InChI is InChI=1S/C18H17F3INO2/c1-2-3-10-25-14-7-4-12(5-8-14)17(24)23-16-9-6-13(22)11-15(16)18(19,20)21/h4-9,11H,2-3,10H2,1H3,(H,23,24). The number of carbonyl (C=O) groups is 1. The second kappa shape index (κ2) is 8.55. The van der Waals surface area contributed by atoms with Crippen molar-refractivity contribution in [3.63, 3.8) is 0 Å². The second-order valence-electron chi connectivity index (χ2n) is 5.37. The van der Waals surface area contributed by atoms with Crippen LogP contribution in [-0.2, 0) is 6.18 Å². The first-order chi connectivity index (χ1) is 11.8. The summed E-state index contributed by atoms with van der Waals surface area (Å²) in [6.45, 7) is 2.64. The molecule has 0 bridgehead atoms. The molecule has 7 heteroatoms. The Bertz CT molecular complexity index is 730. The molecule has 0 spiro atoms. The van der Waals surface area contributed by atoms with Gasteiger partial charge in [-0.3, -0.25) is 4.79 Å². The first kappa shape index (κ1) is 19.6. The third-order valence-electron chi connectivity index (χ3n) is 3.42. The number of hydrogen-bond acceptors (Lipinski definition) is 2. The first-order valence-electron chi connectivity index (χ1n) is 7.72. The minimum atomic E-state index is -4.54. The Morgan fingerprint density at radius 2 is 1.84 bits per heavy atom. The minimum absolute atomic E-state index is 0.259. The van der Waals surface area contributed by atoms with Gasteiger partial charge in [0.25, 0.3) is 5.91 Å². The number of rotatable bonds is 6. The van der Waals surface area contributed by atoms with Gasteiger partial charge in [0.15, 0.2) is 0 Å². The Morgan fingerprint density at radius 3 is 2.44 bits per heavy atom. The summed E-state index contributed by atoms with van der Waals surface area (Å²) in [5.74, 6) is 0.0158. The molecule has 2 aromatic rings. The Kier molecular flexibility index (Phi) is 6.69. The van der Waals surface area contributed by atoms with Crippen molar-refractivity contribution in [2.45, 2.75) is 25.9 Å². The van der Waals surface area contributed by atoms with Gasteiger partial charge in [0.2, 0.25) is 0 Å². The van der Waals surface area contributed by atoms with Crippen molar-refractivity contribution in [3.8, 4) is 5.75 Å². The summed E-state index contributed by atoms with van der Waals surface area (Å²) in [6, 6.07) is 10.1. The number of unbranched alkanes of at least 4 members (excludes halogenated alkanes) is 1. The van der Waals surface area contributed by atoms with Gasteiger partial charge in [-0.1, -0.05) is 13.3 Å². The topological polar surface area (TPSA) is 38.3 Å². The molecule has 0 aliphatic rings. The SMILES string of the molecule is CCCCOc1ccc(C(=O)Nc2ccc(I)cc2C(F)(F)F)cc1. The van der Waals surface area contributed by atoms with Crippen LogP contribution in [0.25, 0.3) is 0 Å². The van der Waals surface area contributed by atoms with Crippen molar-refractivity contribution in [3.05, 3.63) is 57.2 Å². The van der Waals surface area contributed by atoms with Crippen molar-refractivity contribution in [1.29, 1.82) is 0 Å². The fraction of sp³-hybridized carbons (Fsp3) is 0.278. The van der Waals surface area contributed by atoms with Crippen LogP contribution in [0.1, 0.15) is 35.7 Å². The number of nitrogens with one attached hydrogen (secondary N) is 1. The van der Waals surface area contributed by atoms with Crippen molar-refractivity contribution in [2.24, 2.45) is 0 Å². The quantitative estimate of drug-likeness (QED) is 0.439. The van der Waals surface area contributed by atoms with E-state index in [1.165, 1.54) is 24.3 Å². The van der Waals surface area contributed by atoms with Gasteiger partial charge in [-0.2, -0.15) is 13.2 Å². The maximum atomic E-state index is 13.1. The Hall–Kier alpha value is -1.77. The molecule has 3 nitrogen and oxygen atoms in total. The van der Waals surface area contributed by atoms with Crippen LogP contribution in [0.5, 0.6) is 5.75 Å². The number of benzene rings is 2. The lowest BCUT2D eigenvalue weighted by Crippen LogP contribution is -2.16. The van der Waals surface area contributed by atoms with Crippen LogP contribution in [0.4, 0.5) is 18.9 Å². The number of alkyl halides is 3.